The average Bonchev–Trinajstić information content (AvgIpc) is 2.96. The standard InChI is InChI=1S/C17H21N3O2/c1-11-13-14(16(22)19-15(13)21)17(7-9-18-10-8-17)20(11)12-5-3-2-4-6-12/h2-6,11,13-14,18H,7-10H2,1H3,(H,19,21,22). The summed E-state index contributed by atoms with van der Waals surface area (Å²) in [5.74, 6) is -0.635. The number of hydrogen-bond donors (Lipinski definition) is 2. The maximum absolute atomic E-state index is 12.5. The topological polar surface area (TPSA) is 61.4 Å². The molecule has 3 fully saturated rings. The Morgan fingerprint density at radius 2 is 1.77 bits per heavy atom. The highest BCUT2D eigenvalue weighted by molar-refractivity contribution is 6.07. The number of hydrogen-bond acceptors (Lipinski definition) is 4. The number of piperidine rings is 1. The summed E-state index contributed by atoms with van der Waals surface area (Å²) in [6, 6.07) is 10.3. The van der Waals surface area contributed by atoms with Crippen molar-refractivity contribution >= 4 is 17.5 Å². The molecule has 0 bridgehead atoms. The fourth-order valence-corrected chi connectivity index (χ4v) is 4.88. The molecule has 3 saturated heterocycles. The predicted octanol–water partition coefficient (Wildman–Crippen LogP) is 0.906. The molecule has 4 rings (SSSR count). The number of para-hydroxylation sites is 1. The van der Waals surface area contributed by atoms with E-state index in [1.165, 1.54) is 0 Å². The normalized spacial score (nSPS) is 33.1. The second kappa shape index (κ2) is 4.81. The Labute approximate surface area is 130 Å². The second-order valence-electron chi connectivity index (χ2n) is 6.66. The molecule has 2 N–H and O–H groups in total. The van der Waals surface area contributed by atoms with Gasteiger partial charge >= 0.3 is 0 Å². The van der Waals surface area contributed by atoms with Gasteiger partial charge in [-0.1, -0.05) is 18.2 Å². The van der Waals surface area contributed by atoms with Crippen molar-refractivity contribution < 1.29 is 9.59 Å². The summed E-state index contributed by atoms with van der Waals surface area (Å²) >= 11 is 0. The Hall–Kier alpha value is -1.88. The second-order valence-corrected chi connectivity index (χ2v) is 6.66. The summed E-state index contributed by atoms with van der Waals surface area (Å²) in [4.78, 5) is 27.1. The van der Waals surface area contributed by atoms with E-state index in [4.69, 9.17) is 0 Å². The average molecular weight is 299 g/mol. The van der Waals surface area contributed by atoms with E-state index in [0.717, 1.165) is 31.6 Å². The van der Waals surface area contributed by atoms with E-state index in [-0.39, 0.29) is 35.2 Å². The lowest BCUT2D eigenvalue weighted by Gasteiger charge is -2.47. The van der Waals surface area contributed by atoms with Crippen LogP contribution in [0.5, 0.6) is 0 Å². The van der Waals surface area contributed by atoms with Gasteiger partial charge in [-0.3, -0.25) is 14.9 Å². The zero-order valence-corrected chi connectivity index (χ0v) is 12.7. The van der Waals surface area contributed by atoms with Crippen molar-refractivity contribution in [1.82, 2.24) is 10.6 Å². The number of fused-ring (bicyclic) bond motifs is 2. The molecule has 3 unspecified atom stereocenters. The molecule has 3 atom stereocenters. The number of benzene rings is 1. The fourth-order valence-electron chi connectivity index (χ4n) is 4.88. The van der Waals surface area contributed by atoms with Crippen molar-refractivity contribution in [1.29, 1.82) is 0 Å². The van der Waals surface area contributed by atoms with Crippen LogP contribution in [-0.4, -0.2) is 36.5 Å². The minimum Gasteiger partial charge on any atom is -0.361 e. The van der Waals surface area contributed by atoms with Gasteiger partial charge in [0.25, 0.3) is 0 Å². The van der Waals surface area contributed by atoms with Gasteiger partial charge in [0.2, 0.25) is 11.8 Å². The zero-order chi connectivity index (χ0) is 15.3. The summed E-state index contributed by atoms with van der Waals surface area (Å²) in [5, 5.41) is 5.95. The van der Waals surface area contributed by atoms with Gasteiger partial charge in [-0.25, -0.2) is 0 Å². The molecule has 0 radical (unpaired) electrons. The summed E-state index contributed by atoms with van der Waals surface area (Å²) in [6.45, 7) is 3.86. The summed E-state index contributed by atoms with van der Waals surface area (Å²) in [6.07, 6.45) is 1.79. The van der Waals surface area contributed by atoms with Crippen molar-refractivity contribution in [3.8, 4) is 0 Å². The van der Waals surface area contributed by atoms with Gasteiger partial charge in [-0.2, -0.15) is 0 Å². The van der Waals surface area contributed by atoms with Crippen LogP contribution in [0.15, 0.2) is 30.3 Å². The number of nitrogens with one attached hydrogen (secondary N) is 2. The van der Waals surface area contributed by atoms with E-state index in [2.05, 4.69) is 34.6 Å². The van der Waals surface area contributed by atoms with E-state index in [1.807, 2.05) is 18.2 Å². The van der Waals surface area contributed by atoms with Crippen LogP contribution in [0.1, 0.15) is 19.8 Å². The third-order valence-corrected chi connectivity index (χ3v) is 5.68. The first-order valence-electron chi connectivity index (χ1n) is 8.05. The third-order valence-electron chi connectivity index (χ3n) is 5.68. The molecule has 0 aliphatic carbocycles. The van der Waals surface area contributed by atoms with Gasteiger partial charge in [-0.15, -0.1) is 0 Å². The molecule has 0 saturated carbocycles. The van der Waals surface area contributed by atoms with E-state index in [0.29, 0.717) is 0 Å². The number of rotatable bonds is 1. The lowest BCUT2D eigenvalue weighted by Crippen LogP contribution is -2.58. The fraction of sp³-hybridized carbons (Fsp3) is 0.529. The van der Waals surface area contributed by atoms with Crippen LogP contribution in [0.25, 0.3) is 0 Å². The van der Waals surface area contributed by atoms with Crippen LogP contribution in [-0.2, 0) is 9.59 Å². The molecule has 3 aliphatic rings. The van der Waals surface area contributed by atoms with Gasteiger partial charge in [0, 0.05) is 11.7 Å². The predicted molar refractivity (Wildman–Crippen MR) is 83.3 cm³/mol. The number of imide groups is 1. The van der Waals surface area contributed by atoms with E-state index >= 15 is 0 Å². The molecule has 22 heavy (non-hydrogen) atoms. The van der Waals surface area contributed by atoms with Crippen LogP contribution in [0, 0.1) is 11.8 Å². The van der Waals surface area contributed by atoms with Gasteiger partial charge in [0.05, 0.1) is 17.4 Å². The minimum atomic E-state index is -0.243. The first-order valence-corrected chi connectivity index (χ1v) is 8.05. The molecule has 116 valence electrons. The Balaban J connectivity index is 1.85. The minimum absolute atomic E-state index is 0.0388. The molecule has 1 aromatic rings. The highest BCUT2D eigenvalue weighted by Crippen LogP contribution is 2.52. The van der Waals surface area contributed by atoms with Crippen molar-refractivity contribution in [3.63, 3.8) is 0 Å². The lowest BCUT2D eigenvalue weighted by molar-refractivity contribution is -0.127. The number of carbonyl (C=O) groups excluding carboxylic acids is 2. The van der Waals surface area contributed by atoms with Crippen molar-refractivity contribution in [2.45, 2.75) is 31.3 Å². The van der Waals surface area contributed by atoms with Gasteiger partial charge < -0.3 is 10.2 Å². The Morgan fingerprint density at radius 1 is 1.09 bits per heavy atom. The molecule has 2 amide bonds. The van der Waals surface area contributed by atoms with Gasteiger partial charge in [0.15, 0.2) is 0 Å². The molecule has 3 heterocycles. The maximum atomic E-state index is 12.5. The number of nitrogens with zero attached hydrogens (tertiary/aromatic N) is 1. The van der Waals surface area contributed by atoms with E-state index in [9.17, 15) is 9.59 Å². The molecule has 5 nitrogen and oxygen atoms in total. The highest BCUT2D eigenvalue weighted by Gasteiger charge is 2.65. The van der Waals surface area contributed by atoms with Crippen molar-refractivity contribution in [2.24, 2.45) is 11.8 Å². The molecular weight excluding hydrogens is 278 g/mol. The third kappa shape index (κ3) is 1.69. The zero-order valence-electron chi connectivity index (χ0n) is 12.7. The van der Waals surface area contributed by atoms with Gasteiger partial charge in [-0.05, 0) is 45.0 Å². The summed E-state index contributed by atoms with van der Waals surface area (Å²) in [5.41, 5.74) is 0.874. The Kier molecular flexibility index (Phi) is 3.01. The SMILES string of the molecule is CC1C2C(=O)NC(=O)C2C2(CCNCC2)N1c1ccccc1. The lowest BCUT2D eigenvalue weighted by atomic mass is 9.74. The van der Waals surface area contributed by atoms with Crippen LogP contribution < -0.4 is 15.5 Å². The molecule has 1 spiro atoms. The molecule has 5 heteroatoms. The highest BCUT2D eigenvalue weighted by atomic mass is 16.2. The Morgan fingerprint density at radius 3 is 2.45 bits per heavy atom. The van der Waals surface area contributed by atoms with E-state index < -0.39 is 0 Å². The Bertz CT molecular complexity index is 610. The smallest absolute Gasteiger partial charge is 0.232 e. The number of amides is 2. The first kappa shape index (κ1) is 13.8. The number of carbonyl (C=O) groups is 2. The largest absolute Gasteiger partial charge is 0.361 e. The van der Waals surface area contributed by atoms with Crippen molar-refractivity contribution in [2.75, 3.05) is 18.0 Å². The monoisotopic (exact) mass is 299 g/mol. The first-order chi connectivity index (χ1) is 10.6. The summed E-state index contributed by atoms with van der Waals surface area (Å²) < 4.78 is 0. The van der Waals surface area contributed by atoms with Crippen LogP contribution >= 0.6 is 0 Å². The maximum Gasteiger partial charge on any atom is 0.232 e. The van der Waals surface area contributed by atoms with Gasteiger partial charge in [0.1, 0.15) is 0 Å². The van der Waals surface area contributed by atoms with Crippen LogP contribution in [0.2, 0.25) is 0 Å². The molecule has 0 aromatic heterocycles. The van der Waals surface area contributed by atoms with Crippen LogP contribution in [0.3, 0.4) is 0 Å². The van der Waals surface area contributed by atoms with E-state index in [1.54, 1.807) is 0 Å². The molecular formula is C17H21N3O2. The van der Waals surface area contributed by atoms with Crippen LogP contribution in [0.4, 0.5) is 5.69 Å². The number of anilines is 1. The van der Waals surface area contributed by atoms with Crippen molar-refractivity contribution in [3.05, 3.63) is 30.3 Å². The quantitative estimate of drug-likeness (QED) is 0.757. The molecule has 1 aromatic carbocycles. The summed E-state index contributed by atoms with van der Waals surface area (Å²) in [7, 11) is 0. The molecule has 3 aliphatic heterocycles.